The fourth-order valence-corrected chi connectivity index (χ4v) is 2.13. The third kappa shape index (κ3) is 3.13. The summed E-state index contributed by atoms with van der Waals surface area (Å²) in [6.45, 7) is 0.0402. The van der Waals surface area contributed by atoms with E-state index in [9.17, 15) is 18.0 Å². The predicted molar refractivity (Wildman–Crippen MR) is 77.5 cm³/mol. The van der Waals surface area contributed by atoms with Crippen LogP contribution in [0.4, 0.5) is 13.2 Å². The summed E-state index contributed by atoms with van der Waals surface area (Å²) in [5.74, 6) is -3.16. The van der Waals surface area contributed by atoms with E-state index in [2.05, 4.69) is 0 Å². The van der Waals surface area contributed by atoms with Gasteiger partial charge < -0.3 is 4.74 Å². The number of benzene rings is 2. The average molecular weight is 308 g/mol. The van der Waals surface area contributed by atoms with Crippen LogP contribution in [0.2, 0.25) is 0 Å². The Labute approximate surface area is 126 Å². The molecule has 0 atom stereocenters. The minimum absolute atomic E-state index is 0.267. The van der Waals surface area contributed by atoms with Gasteiger partial charge in [-0.25, -0.2) is 4.39 Å². The molecule has 2 nitrogen and oxygen atoms in total. The van der Waals surface area contributed by atoms with Crippen LogP contribution in [-0.4, -0.2) is 19.6 Å². The maximum absolute atomic E-state index is 13.2. The van der Waals surface area contributed by atoms with Crippen molar-refractivity contribution in [3.63, 3.8) is 0 Å². The van der Waals surface area contributed by atoms with Gasteiger partial charge in [-0.15, -0.1) is 0 Å². The largest absolute Gasteiger partial charge is 0.496 e. The number of halogens is 3. The predicted octanol–water partition coefficient (Wildman–Crippen LogP) is 4.30. The Bertz CT molecular complexity index is 679. The van der Waals surface area contributed by atoms with E-state index in [4.69, 9.17) is 4.74 Å². The molecule has 116 valence electrons. The quantitative estimate of drug-likeness (QED) is 0.770. The molecule has 0 heterocycles. The van der Waals surface area contributed by atoms with Gasteiger partial charge in [0.05, 0.1) is 7.11 Å². The van der Waals surface area contributed by atoms with Crippen molar-refractivity contribution in [2.45, 2.75) is 12.8 Å². The molecule has 0 aromatic heterocycles. The van der Waals surface area contributed by atoms with Crippen molar-refractivity contribution in [3.8, 4) is 5.75 Å². The number of hydrogen-bond acceptors (Lipinski definition) is 2. The lowest BCUT2D eigenvalue weighted by atomic mass is 9.99. The van der Waals surface area contributed by atoms with Crippen molar-refractivity contribution < 1.29 is 22.7 Å². The number of methoxy groups -OCH3 is 1. The molecule has 0 aliphatic heterocycles. The molecule has 0 aliphatic rings. The minimum atomic E-state index is -3.53. The number of ether oxygens (including phenoxy) is 1. The number of carbonyl (C=O) groups is 1. The number of rotatable bonds is 5. The normalized spacial score (nSPS) is 11.3. The van der Waals surface area contributed by atoms with Crippen LogP contribution in [0.5, 0.6) is 5.75 Å². The summed E-state index contributed by atoms with van der Waals surface area (Å²) in [6, 6.07) is 9.66. The Morgan fingerprint density at radius 3 is 2.18 bits per heavy atom. The van der Waals surface area contributed by atoms with Crippen molar-refractivity contribution in [3.05, 3.63) is 64.7 Å². The Kier molecular flexibility index (Phi) is 4.54. The van der Waals surface area contributed by atoms with Gasteiger partial charge in [-0.05, 0) is 30.7 Å². The molecule has 0 aliphatic carbocycles. The van der Waals surface area contributed by atoms with Gasteiger partial charge in [0.25, 0.3) is 0 Å². The average Bonchev–Trinajstić information content (AvgIpc) is 2.54. The van der Waals surface area contributed by atoms with E-state index in [-0.39, 0.29) is 11.3 Å². The monoisotopic (exact) mass is 308 g/mol. The Morgan fingerprint density at radius 1 is 1.09 bits per heavy atom. The second-order valence-corrected chi connectivity index (χ2v) is 4.93. The molecule has 0 amide bonds. The molecule has 0 saturated heterocycles. The Morgan fingerprint density at radius 2 is 1.68 bits per heavy atom. The molecule has 2 aromatic carbocycles. The van der Waals surface area contributed by atoms with E-state index in [1.165, 1.54) is 19.2 Å². The topological polar surface area (TPSA) is 26.3 Å². The van der Waals surface area contributed by atoms with Crippen LogP contribution < -0.4 is 4.74 Å². The number of hydrogen-bond donors (Lipinski definition) is 0. The fourth-order valence-electron chi connectivity index (χ4n) is 2.13. The summed E-state index contributed by atoms with van der Waals surface area (Å²) >= 11 is 0. The van der Waals surface area contributed by atoms with Gasteiger partial charge in [0.15, 0.2) is 12.5 Å². The third-order valence-corrected chi connectivity index (χ3v) is 3.39. The highest BCUT2D eigenvalue weighted by Gasteiger charge is 2.31. The van der Waals surface area contributed by atoms with Crippen molar-refractivity contribution in [2.75, 3.05) is 13.8 Å². The van der Waals surface area contributed by atoms with Gasteiger partial charge in [-0.1, -0.05) is 24.3 Å². The molecule has 0 bridgehead atoms. The van der Waals surface area contributed by atoms with Crippen molar-refractivity contribution >= 4 is 5.78 Å². The van der Waals surface area contributed by atoms with Crippen LogP contribution in [0.15, 0.2) is 42.5 Å². The van der Waals surface area contributed by atoms with Crippen LogP contribution in [0.3, 0.4) is 0 Å². The number of alkyl halides is 3. The summed E-state index contributed by atoms with van der Waals surface area (Å²) in [5, 5.41) is 0. The summed E-state index contributed by atoms with van der Waals surface area (Å²) in [7, 11) is 1.54. The first-order valence-electron chi connectivity index (χ1n) is 6.62. The lowest BCUT2D eigenvalue weighted by molar-refractivity contribution is -0.0280. The van der Waals surface area contributed by atoms with Crippen LogP contribution in [0, 0.1) is 6.92 Å². The SMILES string of the molecule is COc1ccc(C(=O)c2ccc(C(F)(F)CF)cc2)cc1C. The maximum atomic E-state index is 13.2. The van der Waals surface area contributed by atoms with E-state index >= 15 is 0 Å². The van der Waals surface area contributed by atoms with Crippen LogP contribution >= 0.6 is 0 Å². The van der Waals surface area contributed by atoms with Crippen LogP contribution in [0.25, 0.3) is 0 Å². The van der Waals surface area contributed by atoms with Gasteiger partial charge in [0, 0.05) is 16.7 Å². The van der Waals surface area contributed by atoms with Crippen molar-refractivity contribution in [1.29, 1.82) is 0 Å². The zero-order chi connectivity index (χ0) is 16.3. The van der Waals surface area contributed by atoms with E-state index < -0.39 is 18.2 Å². The van der Waals surface area contributed by atoms with Gasteiger partial charge in [0.1, 0.15) is 5.75 Å². The molecule has 22 heavy (non-hydrogen) atoms. The molecule has 0 saturated carbocycles. The molecule has 0 fully saturated rings. The van der Waals surface area contributed by atoms with Gasteiger partial charge >= 0.3 is 5.92 Å². The molecule has 0 N–H and O–H groups in total. The Hall–Kier alpha value is -2.30. The number of carbonyl (C=O) groups excluding carboxylic acids is 1. The van der Waals surface area contributed by atoms with Crippen molar-refractivity contribution in [1.82, 2.24) is 0 Å². The van der Waals surface area contributed by atoms with Crippen LogP contribution in [0.1, 0.15) is 27.0 Å². The molecule has 5 heteroatoms. The molecule has 2 aromatic rings. The lowest BCUT2D eigenvalue weighted by Gasteiger charge is -2.12. The fraction of sp³-hybridized carbons (Fsp3) is 0.235. The van der Waals surface area contributed by atoms with Gasteiger partial charge in [0.2, 0.25) is 0 Å². The lowest BCUT2D eigenvalue weighted by Crippen LogP contribution is -2.16. The summed E-state index contributed by atoms with van der Waals surface area (Å²) in [4.78, 5) is 12.3. The summed E-state index contributed by atoms with van der Waals surface area (Å²) in [5.41, 5.74) is 1.05. The number of ketones is 1. The second kappa shape index (κ2) is 6.22. The first-order chi connectivity index (χ1) is 10.4. The smallest absolute Gasteiger partial charge is 0.301 e. The van der Waals surface area contributed by atoms with E-state index in [0.717, 1.165) is 17.7 Å². The van der Waals surface area contributed by atoms with E-state index in [1.807, 2.05) is 0 Å². The third-order valence-electron chi connectivity index (χ3n) is 3.39. The highest BCUT2D eigenvalue weighted by molar-refractivity contribution is 6.09. The van der Waals surface area contributed by atoms with Gasteiger partial charge in [-0.3, -0.25) is 4.79 Å². The first-order valence-corrected chi connectivity index (χ1v) is 6.62. The minimum Gasteiger partial charge on any atom is -0.496 e. The molecular weight excluding hydrogens is 293 g/mol. The highest BCUT2D eigenvalue weighted by Crippen LogP contribution is 2.29. The molecule has 0 radical (unpaired) electrons. The summed E-state index contributed by atoms with van der Waals surface area (Å²) in [6.07, 6.45) is 0. The van der Waals surface area contributed by atoms with Gasteiger partial charge in [-0.2, -0.15) is 8.78 Å². The molecule has 0 spiro atoms. The molecular formula is C17H15F3O2. The maximum Gasteiger partial charge on any atom is 0.301 e. The molecule has 0 unspecified atom stereocenters. The zero-order valence-corrected chi connectivity index (χ0v) is 12.2. The zero-order valence-electron chi connectivity index (χ0n) is 12.2. The highest BCUT2D eigenvalue weighted by atomic mass is 19.3. The first kappa shape index (κ1) is 16.1. The Balaban J connectivity index is 2.28. The second-order valence-electron chi connectivity index (χ2n) is 4.93. The summed E-state index contributed by atoms with van der Waals surface area (Å²) < 4.78 is 43.8. The van der Waals surface area contributed by atoms with E-state index in [1.54, 1.807) is 25.1 Å². The number of aryl methyl sites for hydroxylation is 1. The van der Waals surface area contributed by atoms with Crippen LogP contribution in [-0.2, 0) is 5.92 Å². The standard InChI is InChI=1S/C17H15F3O2/c1-11-9-13(5-8-15(11)22-2)16(21)12-3-6-14(7-4-12)17(19,20)10-18/h3-9H,10H2,1-2H3. The van der Waals surface area contributed by atoms with E-state index in [0.29, 0.717) is 11.3 Å². The van der Waals surface area contributed by atoms with Crippen molar-refractivity contribution in [2.24, 2.45) is 0 Å². The molecule has 2 rings (SSSR count).